The maximum Gasteiger partial charge on any atom is 0.123 e. The number of hydrogen-bond acceptors (Lipinski definition) is 1. The monoisotopic (exact) mass is 224 g/mol. The van der Waals surface area contributed by atoms with Gasteiger partial charge in [-0.1, -0.05) is 38.8 Å². The highest BCUT2D eigenvalue weighted by atomic mass is 19.1. The number of hydrogen-bond donors (Lipinski definition) is 1. The Morgan fingerprint density at radius 2 is 1.94 bits per heavy atom. The van der Waals surface area contributed by atoms with Crippen LogP contribution in [-0.4, -0.2) is 10.7 Å². The van der Waals surface area contributed by atoms with Gasteiger partial charge in [0.2, 0.25) is 0 Å². The topological polar surface area (TPSA) is 20.2 Å². The van der Waals surface area contributed by atoms with Crippen molar-refractivity contribution in [3.63, 3.8) is 0 Å². The zero-order valence-electron chi connectivity index (χ0n) is 10.3. The van der Waals surface area contributed by atoms with Gasteiger partial charge in [-0.2, -0.15) is 0 Å². The third kappa shape index (κ3) is 3.31. The molecule has 0 fully saturated rings. The minimum Gasteiger partial charge on any atom is -0.390 e. The van der Waals surface area contributed by atoms with E-state index in [-0.39, 0.29) is 11.7 Å². The zero-order chi connectivity index (χ0) is 12.2. The van der Waals surface area contributed by atoms with Crippen molar-refractivity contribution in [2.75, 3.05) is 0 Å². The predicted octanol–water partition coefficient (Wildman–Crippen LogP) is 3.56. The lowest BCUT2D eigenvalue weighted by atomic mass is 9.80. The van der Waals surface area contributed by atoms with Crippen LogP contribution in [-0.2, 0) is 6.42 Å². The lowest BCUT2D eigenvalue weighted by molar-refractivity contribution is -0.00414. The molecule has 0 aliphatic heterocycles. The zero-order valence-corrected chi connectivity index (χ0v) is 10.3. The van der Waals surface area contributed by atoms with Crippen LogP contribution in [0.3, 0.4) is 0 Å². The maximum absolute atomic E-state index is 13.0. The van der Waals surface area contributed by atoms with E-state index < -0.39 is 5.60 Å². The molecule has 0 spiro atoms. The minimum absolute atomic E-state index is 0.238. The highest BCUT2D eigenvalue weighted by molar-refractivity contribution is 5.18. The minimum atomic E-state index is -0.753. The smallest absolute Gasteiger partial charge is 0.123 e. The van der Waals surface area contributed by atoms with E-state index in [0.717, 1.165) is 18.4 Å². The standard InChI is InChI=1S/C14H21FO/c1-4-12(5-2)14(3,16)10-11-7-6-8-13(15)9-11/h6-9,12,16H,4-5,10H2,1-3H3. The number of halogens is 1. The molecule has 1 atom stereocenters. The van der Waals surface area contributed by atoms with Gasteiger partial charge in [0.15, 0.2) is 0 Å². The van der Waals surface area contributed by atoms with E-state index in [9.17, 15) is 9.50 Å². The lowest BCUT2D eigenvalue weighted by Gasteiger charge is -2.31. The fourth-order valence-corrected chi connectivity index (χ4v) is 2.37. The van der Waals surface area contributed by atoms with Crippen molar-refractivity contribution >= 4 is 0 Å². The normalized spacial score (nSPS) is 15.1. The van der Waals surface area contributed by atoms with Gasteiger partial charge < -0.3 is 5.11 Å². The third-order valence-electron chi connectivity index (χ3n) is 3.32. The molecule has 1 aromatic carbocycles. The van der Waals surface area contributed by atoms with Crippen LogP contribution in [0.25, 0.3) is 0 Å². The molecule has 0 aliphatic carbocycles. The first-order valence-electron chi connectivity index (χ1n) is 5.96. The summed E-state index contributed by atoms with van der Waals surface area (Å²) in [5.74, 6) is 0.0219. The van der Waals surface area contributed by atoms with Gasteiger partial charge in [0.05, 0.1) is 5.60 Å². The van der Waals surface area contributed by atoms with Crippen molar-refractivity contribution < 1.29 is 9.50 Å². The fraction of sp³-hybridized carbons (Fsp3) is 0.571. The average Bonchev–Trinajstić information content (AvgIpc) is 2.18. The maximum atomic E-state index is 13.0. The molecule has 1 N–H and O–H groups in total. The highest BCUT2D eigenvalue weighted by Gasteiger charge is 2.29. The van der Waals surface area contributed by atoms with Crippen LogP contribution in [0.5, 0.6) is 0 Å². The van der Waals surface area contributed by atoms with Gasteiger partial charge in [0.25, 0.3) is 0 Å². The van der Waals surface area contributed by atoms with E-state index >= 15 is 0 Å². The summed E-state index contributed by atoms with van der Waals surface area (Å²) < 4.78 is 13.0. The highest BCUT2D eigenvalue weighted by Crippen LogP contribution is 2.27. The quantitative estimate of drug-likeness (QED) is 0.811. The second-order valence-electron chi connectivity index (χ2n) is 4.68. The molecule has 0 aliphatic rings. The molecular weight excluding hydrogens is 203 g/mol. The van der Waals surface area contributed by atoms with Crippen LogP contribution in [0.4, 0.5) is 4.39 Å². The molecule has 0 bridgehead atoms. The van der Waals surface area contributed by atoms with E-state index in [1.54, 1.807) is 6.07 Å². The molecule has 0 saturated heterocycles. The van der Waals surface area contributed by atoms with Crippen molar-refractivity contribution in [2.45, 2.75) is 45.6 Å². The molecule has 0 heterocycles. The van der Waals surface area contributed by atoms with Crippen LogP contribution in [0.2, 0.25) is 0 Å². The summed E-state index contributed by atoms with van der Waals surface area (Å²) in [7, 11) is 0. The summed E-state index contributed by atoms with van der Waals surface area (Å²) in [4.78, 5) is 0. The van der Waals surface area contributed by atoms with Crippen molar-refractivity contribution in [3.05, 3.63) is 35.6 Å². The Labute approximate surface area is 97.3 Å². The SMILES string of the molecule is CCC(CC)C(C)(O)Cc1cccc(F)c1. The average molecular weight is 224 g/mol. The molecular formula is C14H21FO. The third-order valence-corrected chi connectivity index (χ3v) is 3.32. The lowest BCUT2D eigenvalue weighted by Crippen LogP contribution is -2.36. The molecule has 90 valence electrons. The Morgan fingerprint density at radius 1 is 1.31 bits per heavy atom. The Bertz CT molecular complexity index is 329. The molecule has 16 heavy (non-hydrogen) atoms. The predicted molar refractivity (Wildman–Crippen MR) is 64.8 cm³/mol. The van der Waals surface area contributed by atoms with Gasteiger partial charge in [0.1, 0.15) is 5.82 Å². The van der Waals surface area contributed by atoms with E-state index in [1.807, 2.05) is 13.0 Å². The van der Waals surface area contributed by atoms with Gasteiger partial charge in [-0.05, 0) is 30.5 Å². The summed E-state index contributed by atoms with van der Waals surface area (Å²) in [6.07, 6.45) is 2.40. The van der Waals surface area contributed by atoms with Crippen molar-refractivity contribution in [2.24, 2.45) is 5.92 Å². The van der Waals surface area contributed by atoms with Crippen LogP contribution in [0, 0.1) is 11.7 Å². The first kappa shape index (κ1) is 13.2. The van der Waals surface area contributed by atoms with Crippen LogP contribution in [0.15, 0.2) is 24.3 Å². The van der Waals surface area contributed by atoms with Crippen molar-refractivity contribution in [3.8, 4) is 0 Å². The molecule has 1 nitrogen and oxygen atoms in total. The Kier molecular flexibility index (Phi) is 4.48. The van der Waals surface area contributed by atoms with Gasteiger partial charge in [-0.15, -0.1) is 0 Å². The van der Waals surface area contributed by atoms with Gasteiger partial charge in [-0.3, -0.25) is 0 Å². The van der Waals surface area contributed by atoms with E-state index in [1.165, 1.54) is 12.1 Å². The molecule has 0 saturated carbocycles. The van der Waals surface area contributed by atoms with E-state index in [0.29, 0.717) is 6.42 Å². The summed E-state index contributed by atoms with van der Waals surface area (Å²) in [6.45, 7) is 6.00. The van der Waals surface area contributed by atoms with Crippen LogP contribution < -0.4 is 0 Å². The molecule has 1 aromatic rings. The number of rotatable bonds is 5. The number of aliphatic hydroxyl groups is 1. The molecule has 0 aromatic heterocycles. The first-order valence-corrected chi connectivity index (χ1v) is 5.96. The summed E-state index contributed by atoms with van der Waals surface area (Å²) in [5, 5.41) is 10.4. The van der Waals surface area contributed by atoms with E-state index in [2.05, 4.69) is 13.8 Å². The Morgan fingerprint density at radius 3 is 2.44 bits per heavy atom. The first-order chi connectivity index (χ1) is 7.49. The van der Waals surface area contributed by atoms with Gasteiger partial charge >= 0.3 is 0 Å². The second-order valence-corrected chi connectivity index (χ2v) is 4.68. The summed E-state index contributed by atoms with van der Waals surface area (Å²) >= 11 is 0. The van der Waals surface area contributed by atoms with Gasteiger partial charge in [0, 0.05) is 6.42 Å². The molecule has 2 heteroatoms. The number of benzene rings is 1. The second kappa shape index (κ2) is 5.44. The summed E-state index contributed by atoms with van der Waals surface area (Å²) in [6, 6.07) is 6.47. The van der Waals surface area contributed by atoms with Crippen molar-refractivity contribution in [1.29, 1.82) is 0 Å². The molecule has 0 amide bonds. The molecule has 1 unspecified atom stereocenters. The van der Waals surface area contributed by atoms with Gasteiger partial charge in [-0.25, -0.2) is 4.39 Å². The van der Waals surface area contributed by atoms with E-state index in [4.69, 9.17) is 0 Å². The largest absolute Gasteiger partial charge is 0.390 e. The van der Waals surface area contributed by atoms with Crippen molar-refractivity contribution in [1.82, 2.24) is 0 Å². The summed E-state index contributed by atoms with van der Waals surface area (Å²) in [5.41, 5.74) is 0.106. The molecule has 0 radical (unpaired) electrons. The Balaban J connectivity index is 2.79. The Hall–Kier alpha value is -0.890. The molecule has 1 rings (SSSR count). The van der Waals surface area contributed by atoms with Crippen LogP contribution >= 0.6 is 0 Å². The fourth-order valence-electron chi connectivity index (χ4n) is 2.37. The van der Waals surface area contributed by atoms with Crippen LogP contribution in [0.1, 0.15) is 39.2 Å².